The number of benzene rings is 8. The van der Waals surface area contributed by atoms with Crippen LogP contribution in [-0.4, -0.2) is 4.98 Å². The van der Waals surface area contributed by atoms with E-state index >= 15 is 0 Å². The Morgan fingerprint density at radius 3 is 1.55 bits per heavy atom. The first kappa shape index (κ1) is 28.6. The number of fused-ring (bicyclic) bond motifs is 4. The first-order valence-electron chi connectivity index (χ1n) is 16.5. The van der Waals surface area contributed by atoms with E-state index in [-0.39, 0.29) is 0 Å². The van der Waals surface area contributed by atoms with Crippen molar-refractivity contribution in [1.29, 1.82) is 0 Å². The monoisotopic (exact) mass is 629 g/mol. The zero-order chi connectivity index (χ0) is 32.6. The molecule has 0 aliphatic carbocycles. The summed E-state index contributed by atoms with van der Waals surface area (Å²) in [6, 6.07) is 65.6. The van der Waals surface area contributed by atoms with Crippen molar-refractivity contribution in [2.24, 2.45) is 0 Å². The normalized spacial score (nSPS) is 11.3. The maximum atomic E-state index is 6.72. The van der Waals surface area contributed by atoms with Crippen molar-refractivity contribution in [2.75, 3.05) is 9.80 Å². The van der Waals surface area contributed by atoms with Crippen LogP contribution in [0.15, 0.2) is 192 Å². The number of oxazole rings is 1. The molecule has 232 valence electrons. The van der Waals surface area contributed by atoms with Crippen molar-refractivity contribution in [3.8, 4) is 11.5 Å². The molecule has 0 aliphatic rings. The van der Waals surface area contributed by atoms with E-state index in [1.54, 1.807) is 0 Å². The van der Waals surface area contributed by atoms with E-state index in [1.807, 2.05) is 30.3 Å². The highest BCUT2D eigenvalue weighted by atomic mass is 16.3. The zero-order valence-corrected chi connectivity index (χ0v) is 26.6. The smallest absolute Gasteiger partial charge is 0.227 e. The summed E-state index contributed by atoms with van der Waals surface area (Å²) in [4.78, 5) is 9.79. The lowest BCUT2D eigenvalue weighted by Crippen LogP contribution is -2.11. The molecule has 4 nitrogen and oxygen atoms in total. The maximum absolute atomic E-state index is 6.72. The number of nitrogens with zero attached hydrogens (tertiary/aromatic N) is 3. The van der Waals surface area contributed by atoms with Gasteiger partial charge in [-0.3, -0.25) is 0 Å². The van der Waals surface area contributed by atoms with E-state index < -0.39 is 0 Å². The van der Waals surface area contributed by atoms with Crippen molar-refractivity contribution < 1.29 is 4.42 Å². The molecule has 0 N–H and O–H groups in total. The number of hydrogen-bond acceptors (Lipinski definition) is 4. The van der Waals surface area contributed by atoms with Gasteiger partial charge in [0.2, 0.25) is 5.89 Å². The van der Waals surface area contributed by atoms with Gasteiger partial charge in [0.25, 0.3) is 0 Å². The summed E-state index contributed by atoms with van der Waals surface area (Å²) in [6.07, 6.45) is 0. The van der Waals surface area contributed by atoms with Crippen LogP contribution < -0.4 is 9.80 Å². The molecule has 0 unspecified atom stereocenters. The SMILES string of the molecule is c1ccc(-c2nc3c(N(c4ccccc4)c4ccc5ccccc5c4)cc4cc(N(c5ccccc5)c5ccccc5)ccc4c3o2)cc1. The average Bonchev–Trinajstić information content (AvgIpc) is 3.63. The first-order valence-corrected chi connectivity index (χ1v) is 16.5. The van der Waals surface area contributed by atoms with Crippen LogP contribution in [0.2, 0.25) is 0 Å². The molecule has 9 rings (SSSR count). The molecular weight excluding hydrogens is 599 g/mol. The summed E-state index contributed by atoms with van der Waals surface area (Å²) >= 11 is 0. The van der Waals surface area contributed by atoms with Crippen LogP contribution in [0.1, 0.15) is 0 Å². The molecule has 0 bridgehead atoms. The van der Waals surface area contributed by atoms with E-state index in [9.17, 15) is 0 Å². The van der Waals surface area contributed by atoms with Gasteiger partial charge in [0, 0.05) is 39.4 Å². The van der Waals surface area contributed by atoms with Gasteiger partial charge in [-0.2, -0.15) is 0 Å². The van der Waals surface area contributed by atoms with Crippen molar-refractivity contribution in [3.63, 3.8) is 0 Å². The molecule has 0 spiro atoms. The van der Waals surface area contributed by atoms with Gasteiger partial charge in [-0.25, -0.2) is 4.98 Å². The minimum Gasteiger partial charge on any atom is -0.435 e. The average molecular weight is 630 g/mol. The molecule has 0 aliphatic heterocycles. The van der Waals surface area contributed by atoms with Gasteiger partial charge in [0.05, 0.1) is 5.69 Å². The zero-order valence-electron chi connectivity index (χ0n) is 26.6. The summed E-state index contributed by atoms with van der Waals surface area (Å²) in [7, 11) is 0. The second kappa shape index (κ2) is 12.2. The van der Waals surface area contributed by atoms with Gasteiger partial charge in [0.15, 0.2) is 5.58 Å². The van der Waals surface area contributed by atoms with Gasteiger partial charge in [0.1, 0.15) is 5.52 Å². The van der Waals surface area contributed by atoms with Crippen LogP contribution in [0.25, 0.3) is 44.1 Å². The van der Waals surface area contributed by atoms with E-state index in [4.69, 9.17) is 9.40 Å². The Morgan fingerprint density at radius 1 is 0.388 bits per heavy atom. The predicted octanol–water partition coefficient (Wildman–Crippen LogP) is 12.7. The number of hydrogen-bond donors (Lipinski definition) is 0. The van der Waals surface area contributed by atoms with E-state index in [1.165, 1.54) is 10.8 Å². The Hall–Kier alpha value is -6.65. The van der Waals surface area contributed by atoms with E-state index in [0.717, 1.165) is 61.6 Å². The summed E-state index contributed by atoms with van der Waals surface area (Å²) in [6.45, 7) is 0. The third kappa shape index (κ3) is 5.26. The van der Waals surface area contributed by atoms with Crippen LogP contribution in [-0.2, 0) is 0 Å². The molecule has 9 aromatic rings. The van der Waals surface area contributed by atoms with Gasteiger partial charge in [-0.15, -0.1) is 0 Å². The molecule has 1 heterocycles. The van der Waals surface area contributed by atoms with Gasteiger partial charge < -0.3 is 14.2 Å². The highest BCUT2D eigenvalue weighted by Gasteiger charge is 2.23. The van der Waals surface area contributed by atoms with Crippen LogP contribution in [0.3, 0.4) is 0 Å². The Labute approximate surface area is 284 Å². The molecule has 0 fully saturated rings. The molecule has 0 saturated carbocycles. The number of para-hydroxylation sites is 3. The van der Waals surface area contributed by atoms with Gasteiger partial charge >= 0.3 is 0 Å². The lowest BCUT2D eigenvalue weighted by Gasteiger charge is -2.27. The third-order valence-electron chi connectivity index (χ3n) is 9.00. The topological polar surface area (TPSA) is 32.5 Å². The molecule has 49 heavy (non-hydrogen) atoms. The van der Waals surface area contributed by atoms with Crippen molar-refractivity contribution >= 4 is 66.8 Å². The number of aromatic nitrogens is 1. The van der Waals surface area contributed by atoms with Crippen molar-refractivity contribution in [1.82, 2.24) is 4.98 Å². The predicted molar refractivity (Wildman–Crippen MR) is 204 cm³/mol. The molecule has 4 heteroatoms. The minimum atomic E-state index is 0.593. The minimum absolute atomic E-state index is 0.593. The van der Waals surface area contributed by atoms with E-state index in [2.05, 4.69) is 168 Å². The largest absolute Gasteiger partial charge is 0.435 e. The number of anilines is 6. The van der Waals surface area contributed by atoms with Crippen molar-refractivity contribution in [2.45, 2.75) is 0 Å². The van der Waals surface area contributed by atoms with Crippen LogP contribution in [0.4, 0.5) is 34.1 Å². The van der Waals surface area contributed by atoms with E-state index in [0.29, 0.717) is 5.89 Å². The van der Waals surface area contributed by atoms with Crippen LogP contribution in [0, 0.1) is 0 Å². The highest BCUT2D eigenvalue weighted by molar-refractivity contribution is 6.12. The first-order chi connectivity index (χ1) is 24.3. The summed E-state index contributed by atoms with van der Waals surface area (Å²) in [5.41, 5.74) is 8.74. The molecule has 0 atom stereocenters. The fraction of sp³-hybridized carbons (Fsp3) is 0. The Balaban J connectivity index is 1.32. The van der Waals surface area contributed by atoms with Gasteiger partial charge in [-0.1, -0.05) is 103 Å². The quantitative estimate of drug-likeness (QED) is 0.176. The molecule has 0 saturated heterocycles. The standard InChI is InChI=1S/C45H31N3O/c1-5-16-33(17-6-1)45-46-43-42(48(38-23-11-4-12-24-38)40-26-25-32-15-13-14-18-34(32)29-40)31-35-30-39(27-28-41(35)44(43)49-45)47(36-19-7-2-8-20-36)37-21-9-3-10-22-37/h1-31H. The second-order valence-corrected chi connectivity index (χ2v) is 12.1. The van der Waals surface area contributed by atoms with Crippen LogP contribution in [0.5, 0.6) is 0 Å². The summed E-state index contributed by atoms with van der Waals surface area (Å²) < 4.78 is 6.72. The molecule has 0 radical (unpaired) electrons. The Morgan fingerprint density at radius 2 is 0.898 bits per heavy atom. The summed E-state index contributed by atoms with van der Waals surface area (Å²) in [5.74, 6) is 0.593. The van der Waals surface area contributed by atoms with Crippen molar-refractivity contribution in [3.05, 3.63) is 188 Å². The Bertz CT molecular complexity index is 2510. The molecule has 1 aromatic heterocycles. The number of rotatable bonds is 7. The molecular formula is C45H31N3O. The van der Waals surface area contributed by atoms with Gasteiger partial charge in [-0.05, 0) is 101 Å². The van der Waals surface area contributed by atoms with Crippen LogP contribution >= 0.6 is 0 Å². The third-order valence-corrected chi connectivity index (χ3v) is 9.00. The molecule has 8 aromatic carbocycles. The lowest BCUT2D eigenvalue weighted by atomic mass is 10.0. The fourth-order valence-electron chi connectivity index (χ4n) is 6.70. The maximum Gasteiger partial charge on any atom is 0.227 e. The molecule has 0 amide bonds. The Kier molecular flexibility index (Phi) is 7.10. The highest BCUT2D eigenvalue weighted by Crippen LogP contribution is 2.45. The second-order valence-electron chi connectivity index (χ2n) is 12.1. The fourth-order valence-corrected chi connectivity index (χ4v) is 6.70. The summed E-state index contributed by atoms with van der Waals surface area (Å²) in [5, 5.41) is 4.42. The lowest BCUT2D eigenvalue weighted by molar-refractivity contribution is 0.623.